The number of amides is 1. The summed E-state index contributed by atoms with van der Waals surface area (Å²) in [5.74, 6) is 0.467. The molecule has 0 bridgehead atoms. The average Bonchev–Trinajstić information content (AvgIpc) is 3.15. The highest BCUT2D eigenvalue weighted by Gasteiger charge is 2.16. The Labute approximate surface area is 153 Å². The molecule has 0 spiro atoms. The minimum absolute atomic E-state index is 0.118. The van der Waals surface area contributed by atoms with Crippen LogP contribution in [0.25, 0.3) is 5.82 Å². The molecule has 0 atom stereocenters. The molecule has 1 amide bonds. The molecule has 1 aromatic carbocycles. The molecule has 2 heterocycles. The van der Waals surface area contributed by atoms with Gasteiger partial charge in [-0.2, -0.15) is 0 Å². The van der Waals surface area contributed by atoms with Crippen LogP contribution >= 0.6 is 0 Å². The van der Waals surface area contributed by atoms with Crippen LogP contribution < -0.4 is 0 Å². The highest BCUT2D eigenvalue weighted by atomic mass is 16.2. The van der Waals surface area contributed by atoms with Crippen molar-refractivity contribution in [2.24, 2.45) is 0 Å². The summed E-state index contributed by atoms with van der Waals surface area (Å²) in [7, 11) is 1.77. The SMILES string of the molecule is CN(Cc1ccc(C(C)(C)C)cc1)C(=O)c1ccc(-n2ccnc2)nn1. The molecule has 0 unspecified atom stereocenters. The van der Waals surface area contributed by atoms with Crippen LogP contribution in [0.5, 0.6) is 0 Å². The summed E-state index contributed by atoms with van der Waals surface area (Å²) in [5, 5.41) is 8.15. The standard InChI is InChI=1S/C20H23N5O/c1-20(2,3)16-7-5-15(6-8-16)13-24(4)19(26)17-9-10-18(23-22-17)25-12-11-21-14-25/h5-12,14H,13H2,1-4H3. The average molecular weight is 349 g/mol. The Morgan fingerprint density at radius 1 is 1.08 bits per heavy atom. The van der Waals surface area contributed by atoms with Gasteiger partial charge in [0.1, 0.15) is 6.33 Å². The first-order chi connectivity index (χ1) is 12.3. The summed E-state index contributed by atoms with van der Waals surface area (Å²) >= 11 is 0. The lowest BCUT2D eigenvalue weighted by Gasteiger charge is -2.20. The normalized spacial score (nSPS) is 11.4. The van der Waals surface area contributed by atoms with Crippen molar-refractivity contribution in [1.29, 1.82) is 0 Å². The number of hydrogen-bond acceptors (Lipinski definition) is 4. The Morgan fingerprint density at radius 2 is 1.81 bits per heavy atom. The lowest BCUT2D eigenvalue weighted by Crippen LogP contribution is -2.27. The monoisotopic (exact) mass is 349 g/mol. The van der Waals surface area contributed by atoms with Gasteiger partial charge in [-0.25, -0.2) is 4.98 Å². The molecule has 0 aliphatic carbocycles. The van der Waals surface area contributed by atoms with Gasteiger partial charge in [-0.15, -0.1) is 10.2 Å². The van der Waals surface area contributed by atoms with Crippen molar-refractivity contribution in [3.05, 3.63) is 71.9 Å². The number of nitrogens with zero attached hydrogens (tertiary/aromatic N) is 5. The van der Waals surface area contributed by atoms with Crippen LogP contribution in [0.3, 0.4) is 0 Å². The zero-order valence-corrected chi connectivity index (χ0v) is 15.5. The Bertz CT molecular complexity index is 862. The second-order valence-electron chi connectivity index (χ2n) is 7.35. The van der Waals surface area contributed by atoms with E-state index in [9.17, 15) is 4.79 Å². The molecule has 6 nitrogen and oxygen atoms in total. The van der Waals surface area contributed by atoms with Gasteiger partial charge in [0.05, 0.1) is 0 Å². The third-order valence-corrected chi connectivity index (χ3v) is 4.22. The van der Waals surface area contributed by atoms with Crippen molar-refractivity contribution in [3.8, 4) is 5.82 Å². The molecule has 0 saturated heterocycles. The fourth-order valence-corrected chi connectivity index (χ4v) is 2.62. The summed E-state index contributed by atoms with van der Waals surface area (Å²) in [4.78, 5) is 18.2. The van der Waals surface area contributed by atoms with Crippen molar-refractivity contribution in [2.45, 2.75) is 32.7 Å². The van der Waals surface area contributed by atoms with Crippen LogP contribution in [0.2, 0.25) is 0 Å². The summed E-state index contributed by atoms with van der Waals surface area (Å²) < 4.78 is 1.74. The number of carbonyl (C=O) groups excluding carboxylic acids is 1. The molecule has 0 fully saturated rings. The minimum atomic E-state index is -0.158. The van der Waals surface area contributed by atoms with Crippen LogP contribution in [0.1, 0.15) is 42.4 Å². The first-order valence-corrected chi connectivity index (χ1v) is 8.51. The Kier molecular flexibility index (Phi) is 4.84. The number of rotatable bonds is 4. The molecule has 0 aliphatic heterocycles. The van der Waals surface area contributed by atoms with Crippen LogP contribution in [-0.4, -0.2) is 37.6 Å². The van der Waals surface area contributed by atoms with E-state index >= 15 is 0 Å². The molecule has 0 radical (unpaired) electrons. The van der Waals surface area contributed by atoms with Gasteiger partial charge in [0.25, 0.3) is 5.91 Å². The predicted octanol–water partition coefficient (Wildman–Crippen LogP) is 3.23. The second-order valence-corrected chi connectivity index (χ2v) is 7.35. The van der Waals surface area contributed by atoms with Crippen molar-refractivity contribution < 1.29 is 4.79 Å². The van der Waals surface area contributed by atoms with E-state index in [1.54, 1.807) is 47.4 Å². The van der Waals surface area contributed by atoms with Gasteiger partial charge in [-0.3, -0.25) is 9.36 Å². The summed E-state index contributed by atoms with van der Waals surface area (Å²) in [5.41, 5.74) is 2.79. The second kappa shape index (κ2) is 7.07. The van der Waals surface area contributed by atoms with Crippen molar-refractivity contribution in [2.75, 3.05) is 7.05 Å². The lowest BCUT2D eigenvalue weighted by molar-refractivity contribution is 0.0778. The number of aromatic nitrogens is 4. The Balaban J connectivity index is 1.67. The van der Waals surface area contributed by atoms with E-state index in [1.807, 2.05) is 0 Å². The third-order valence-electron chi connectivity index (χ3n) is 4.22. The third kappa shape index (κ3) is 3.96. The topological polar surface area (TPSA) is 63.9 Å². The Morgan fingerprint density at radius 3 is 2.35 bits per heavy atom. The number of hydrogen-bond donors (Lipinski definition) is 0. The van der Waals surface area contributed by atoms with Crippen LogP contribution in [0, 0.1) is 0 Å². The van der Waals surface area contributed by atoms with Gasteiger partial charge in [-0.05, 0) is 28.7 Å². The smallest absolute Gasteiger partial charge is 0.274 e. The largest absolute Gasteiger partial charge is 0.336 e. The first kappa shape index (κ1) is 17.8. The molecule has 134 valence electrons. The summed E-state index contributed by atoms with van der Waals surface area (Å²) in [6.07, 6.45) is 5.08. The number of imidazole rings is 1. The summed E-state index contributed by atoms with van der Waals surface area (Å²) in [6.45, 7) is 7.07. The van der Waals surface area contributed by atoms with Crippen molar-refractivity contribution in [1.82, 2.24) is 24.6 Å². The predicted molar refractivity (Wildman–Crippen MR) is 100 cm³/mol. The fourth-order valence-electron chi connectivity index (χ4n) is 2.62. The zero-order chi connectivity index (χ0) is 18.7. The quantitative estimate of drug-likeness (QED) is 0.725. The maximum Gasteiger partial charge on any atom is 0.274 e. The molecule has 3 rings (SSSR count). The molecule has 26 heavy (non-hydrogen) atoms. The number of benzene rings is 1. The fraction of sp³-hybridized carbons (Fsp3) is 0.300. The van der Waals surface area contributed by atoms with E-state index in [0.29, 0.717) is 18.1 Å². The maximum absolute atomic E-state index is 12.6. The molecular formula is C20H23N5O. The molecule has 2 aromatic heterocycles. The number of carbonyl (C=O) groups is 1. The van der Waals surface area contributed by atoms with E-state index < -0.39 is 0 Å². The van der Waals surface area contributed by atoms with Gasteiger partial charge in [0.15, 0.2) is 11.5 Å². The van der Waals surface area contributed by atoms with Crippen LogP contribution in [-0.2, 0) is 12.0 Å². The molecular weight excluding hydrogens is 326 g/mol. The lowest BCUT2D eigenvalue weighted by atomic mass is 9.87. The molecule has 0 saturated carbocycles. The van der Waals surface area contributed by atoms with E-state index in [0.717, 1.165) is 5.56 Å². The van der Waals surface area contributed by atoms with Crippen LogP contribution in [0.15, 0.2) is 55.1 Å². The molecule has 3 aromatic rings. The Hall–Kier alpha value is -3.02. The summed E-state index contributed by atoms with van der Waals surface area (Å²) in [6, 6.07) is 11.8. The molecule has 0 aliphatic rings. The van der Waals surface area contributed by atoms with Gasteiger partial charge in [0, 0.05) is 26.0 Å². The van der Waals surface area contributed by atoms with Gasteiger partial charge < -0.3 is 4.90 Å². The van der Waals surface area contributed by atoms with Crippen LogP contribution in [0.4, 0.5) is 0 Å². The van der Waals surface area contributed by atoms with E-state index in [2.05, 4.69) is 60.2 Å². The highest BCUT2D eigenvalue weighted by molar-refractivity contribution is 5.91. The molecule has 6 heteroatoms. The van der Waals surface area contributed by atoms with Gasteiger partial charge >= 0.3 is 0 Å². The van der Waals surface area contributed by atoms with E-state index in [4.69, 9.17) is 0 Å². The molecule has 0 N–H and O–H groups in total. The highest BCUT2D eigenvalue weighted by Crippen LogP contribution is 2.22. The zero-order valence-electron chi connectivity index (χ0n) is 15.5. The van der Waals surface area contributed by atoms with Gasteiger partial charge in [-0.1, -0.05) is 45.0 Å². The van der Waals surface area contributed by atoms with E-state index in [1.165, 1.54) is 5.56 Å². The van der Waals surface area contributed by atoms with Crippen molar-refractivity contribution >= 4 is 5.91 Å². The maximum atomic E-state index is 12.6. The van der Waals surface area contributed by atoms with Crippen molar-refractivity contribution in [3.63, 3.8) is 0 Å². The van der Waals surface area contributed by atoms with Gasteiger partial charge in [0.2, 0.25) is 0 Å². The first-order valence-electron chi connectivity index (χ1n) is 8.51. The van der Waals surface area contributed by atoms with E-state index in [-0.39, 0.29) is 11.3 Å². The minimum Gasteiger partial charge on any atom is -0.336 e.